The predicted octanol–water partition coefficient (Wildman–Crippen LogP) is 4.25. The van der Waals surface area contributed by atoms with Crippen LogP contribution in [0.4, 0.5) is 0 Å². The van der Waals surface area contributed by atoms with Crippen LogP contribution in [-0.2, 0) is 37.8 Å². The molecular formula is C29H31N3O5S2. The summed E-state index contributed by atoms with van der Waals surface area (Å²) in [6.45, 7) is 0.349. The number of carbonyl (C=O) groups is 4. The van der Waals surface area contributed by atoms with Gasteiger partial charge in [0.15, 0.2) is 0 Å². The zero-order chi connectivity index (χ0) is 26.7. The van der Waals surface area contributed by atoms with Crippen LogP contribution in [-0.4, -0.2) is 45.2 Å². The summed E-state index contributed by atoms with van der Waals surface area (Å²) in [5.41, 5.74) is 2.18. The van der Waals surface area contributed by atoms with E-state index in [1.807, 2.05) is 17.5 Å². The summed E-state index contributed by atoms with van der Waals surface area (Å²) in [7, 11) is 0. The van der Waals surface area contributed by atoms with Crippen LogP contribution in [0.2, 0.25) is 0 Å². The standard InChI is InChI=1S/C29H31N3O5S2/c33-24-5-4-22(27(35)31-24)32-13-21-20(28(32)36)2-1-3-23(21)38-14-19-15-39-25(30-19)9-26(34)37-29-10-16-6-17(11-29)8-18(7-16)12-29/h1-3,15-18,22H,4-14H2,(H,31,33,35). The molecule has 3 heterocycles. The lowest BCUT2D eigenvalue weighted by molar-refractivity contribution is -0.185. The Hall–Kier alpha value is -2.72. The van der Waals surface area contributed by atoms with Crippen LogP contribution in [0.1, 0.15) is 78.0 Å². The number of carbonyl (C=O) groups excluding carboxylic acids is 4. The highest BCUT2D eigenvalue weighted by Crippen LogP contribution is 2.57. The minimum atomic E-state index is -0.625. The van der Waals surface area contributed by atoms with E-state index in [9.17, 15) is 19.2 Å². The van der Waals surface area contributed by atoms with Gasteiger partial charge in [0.1, 0.15) is 16.7 Å². The van der Waals surface area contributed by atoms with Crippen molar-refractivity contribution in [2.75, 3.05) is 0 Å². The van der Waals surface area contributed by atoms with Gasteiger partial charge in [0.25, 0.3) is 5.91 Å². The number of imide groups is 1. The Morgan fingerprint density at radius 3 is 2.59 bits per heavy atom. The summed E-state index contributed by atoms with van der Waals surface area (Å²) in [4.78, 5) is 57.2. The number of thiazole rings is 1. The van der Waals surface area contributed by atoms with Crippen molar-refractivity contribution in [3.63, 3.8) is 0 Å². The molecule has 4 aliphatic carbocycles. The summed E-state index contributed by atoms with van der Waals surface area (Å²) < 4.78 is 6.17. The van der Waals surface area contributed by atoms with Gasteiger partial charge in [-0.25, -0.2) is 4.98 Å². The average molecular weight is 566 g/mol. The first-order valence-electron chi connectivity index (χ1n) is 13.9. The van der Waals surface area contributed by atoms with Crippen molar-refractivity contribution in [3.8, 4) is 0 Å². The van der Waals surface area contributed by atoms with Gasteiger partial charge < -0.3 is 9.64 Å². The van der Waals surface area contributed by atoms with Crippen molar-refractivity contribution in [2.45, 2.75) is 86.6 Å². The third kappa shape index (κ3) is 4.79. The molecule has 5 fully saturated rings. The molecule has 0 spiro atoms. The molecule has 0 radical (unpaired) electrons. The van der Waals surface area contributed by atoms with Gasteiger partial charge in [-0.15, -0.1) is 23.1 Å². The number of ether oxygens (including phenoxy) is 1. The van der Waals surface area contributed by atoms with Crippen molar-refractivity contribution >= 4 is 46.8 Å². The maximum atomic E-state index is 13.1. The lowest BCUT2D eigenvalue weighted by Gasteiger charge is -2.55. The molecule has 2 aliphatic heterocycles. The van der Waals surface area contributed by atoms with E-state index in [-0.39, 0.29) is 36.2 Å². The number of hydrogen-bond acceptors (Lipinski definition) is 8. The monoisotopic (exact) mass is 565 g/mol. The van der Waals surface area contributed by atoms with E-state index < -0.39 is 11.9 Å². The number of benzene rings is 1. The molecule has 204 valence electrons. The van der Waals surface area contributed by atoms with Gasteiger partial charge in [0, 0.05) is 34.6 Å². The van der Waals surface area contributed by atoms with E-state index in [0.29, 0.717) is 24.3 Å². The van der Waals surface area contributed by atoms with Gasteiger partial charge in [-0.3, -0.25) is 24.5 Å². The zero-order valence-electron chi connectivity index (χ0n) is 21.6. The second-order valence-electron chi connectivity index (χ2n) is 12.0. The molecule has 1 atom stereocenters. The third-order valence-electron chi connectivity index (χ3n) is 9.12. The predicted molar refractivity (Wildman–Crippen MR) is 145 cm³/mol. The van der Waals surface area contributed by atoms with Crippen molar-refractivity contribution in [2.24, 2.45) is 17.8 Å². The lowest BCUT2D eigenvalue weighted by atomic mass is 9.54. The molecule has 1 aromatic heterocycles. The van der Waals surface area contributed by atoms with Crippen molar-refractivity contribution in [1.29, 1.82) is 0 Å². The highest BCUT2D eigenvalue weighted by atomic mass is 32.2. The maximum Gasteiger partial charge on any atom is 0.313 e. The van der Waals surface area contributed by atoms with Crippen LogP contribution >= 0.6 is 23.1 Å². The minimum absolute atomic E-state index is 0.154. The Morgan fingerprint density at radius 2 is 1.87 bits per heavy atom. The largest absolute Gasteiger partial charge is 0.459 e. The quantitative estimate of drug-likeness (QED) is 0.304. The Labute approximate surface area is 235 Å². The topological polar surface area (TPSA) is 106 Å². The number of esters is 1. The molecule has 8 nitrogen and oxygen atoms in total. The van der Waals surface area contributed by atoms with Crippen LogP contribution in [0.3, 0.4) is 0 Å². The molecule has 1 aromatic carbocycles. The summed E-state index contributed by atoms with van der Waals surface area (Å²) in [5, 5.41) is 5.12. The van der Waals surface area contributed by atoms with Gasteiger partial charge >= 0.3 is 5.97 Å². The van der Waals surface area contributed by atoms with Gasteiger partial charge in [-0.05, 0) is 80.4 Å². The fourth-order valence-electron chi connectivity index (χ4n) is 7.90. The van der Waals surface area contributed by atoms with E-state index in [1.54, 1.807) is 22.7 Å². The van der Waals surface area contributed by atoms with Crippen LogP contribution < -0.4 is 5.32 Å². The van der Waals surface area contributed by atoms with E-state index in [0.717, 1.165) is 58.2 Å². The zero-order valence-corrected chi connectivity index (χ0v) is 23.3. The first kappa shape index (κ1) is 25.3. The SMILES string of the molecule is O=C1CCC(N2Cc3c(SCc4csc(CC(=O)OC56CC7CC(CC(C7)C5)C6)n4)cccc3C2=O)C(=O)N1. The number of nitrogens with one attached hydrogen (secondary N) is 1. The highest BCUT2D eigenvalue weighted by Gasteiger charge is 2.53. The lowest BCUT2D eigenvalue weighted by Crippen LogP contribution is -2.52. The Bertz CT molecular complexity index is 1340. The first-order chi connectivity index (χ1) is 18.8. The fraction of sp³-hybridized carbons (Fsp3) is 0.552. The van der Waals surface area contributed by atoms with E-state index in [1.165, 1.54) is 30.6 Å². The van der Waals surface area contributed by atoms with Crippen LogP contribution in [0.5, 0.6) is 0 Å². The Kier molecular flexibility index (Phi) is 6.30. The van der Waals surface area contributed by atoms with Gasteiger partial charge in [0.2, 0.25) is 11.8 Å². The highest BCUT2D eigenvalue weighted by molar-refractivity contribution is 7.98. The van der Waals surface area contributed by atoms with E-state index in [2.05, 4.69) is 5.32 Å². The molecule has 8 rings (SSSR count). The summed E-state index contributed by atoms with van der Waals surface area (Å²) >= 11 is 3.09. The molecule has 3 amide bonds. The fourth-order valence-corrected chi connectivity index (χ4v) is 9.76. The number of hydrogen-bond donors (Lipinski definition) is 1. The molecule has 10 heteroatoms. The van der Waals surface area contributed by atoms with Gasteiger partial charge in [-0.2, -0.15) is 0 Å². The summed E-state index contributed by atoms with van der Waals surface area (Å²) in [5.74, 6) is 1.80. The Balaban J connectivity index is 0.970. The number of aromatic nitrogens is 1. The number of piperidine rings is 1. The normalized spacial score (nSPS) is 31.0. The molecule has 39 heavy (non-hydrogen) atoms. The smallest absolute Gasteiger partial charge is 0.313 e. The maximum absolute atomic E-state index is 13.1. The minimum Gasteiger partial charge on any atom is -0.459 e. The van der Waals surface area contributed by atoms with Crippen molar-refractivity contribution < 1.29 is 23.9 Å². The second-order valence-corrected chi connectivity index (χ2v) is 13.9. The number of nitrogens with zero attached hydrogens (tertiary/aromatic N) is 2. The first-order valence-corrected chi connectivity index (χ1v) is 15.8. The van der Waals surface area contributed by atoms with Gasteiger partial charge in [0.05, 0.1) is 12.1 Å². The van der Waals surface area contributed by atoms with Crippen LogP contribution in [0.15, 0.2) is 28.5 Å². The van der Waals surface area contributed by atoms with E-state index >= 15 is 0 Å². The molecule has 6 aliphatic rings. The molecular weight excluding hydrogens is 534 g/mol. The molecule has 1 saturated heterocycles. The molecule has 1 N–H and O–H groups in total. The van der Waals surface area contributed by atoms with Gasteiger partial charge in [-0.1, -0.05) is 6.07 Å². The number of thioether (sulfide) groups is 1. The molecule has 2 aromatic rings. The summed E-state index contributed by atoms with van der Waals surface area (Å²) in [6.07, 6.45) is 7.86. The number of amides is 3. The molecule has 4 bridgehead atoms. The second kappa shape index (κ2) is 9.73. The van der Waals surface area contributed by atoms with Crippen LogP contribution in [0.25, 0.3) is 0 Å². The molecule has 4 saturated carbocycles. The van der Waals surface area contributed by atoms with Crippen molar-refractivity contribution in [3.05, 3.63) is 45.4 Å². The Morgan fingerprint density at radius 1 is 1.13 bits per heavy atom. The van der Waals surface area contributed by atoms with Crippen molar-refractivity contribution in [1.82, 2.24) is 15.2 Å². The number of fused-ring (bicyclic) bond motifs is 1. The summed E-state index contributed by atoms with van der Waals surface area (Å²) in [6, 6.07) is 5.02. The third-order valence-corrected chi connectivity index (χ3v) is 11.2. The number of rotatable bonds is 7. The van der Waals surface area contributed by atoms with Crippen LogP contribution in [0, 0.1) is 17.8 Å². The van der Waals surface area contributed by atoms with E-state index in [4.69, 9.17) is 9.72 Å². The molecule has 1 unspecified atom stereocenters. The average Bonchev–Trinajstić information content (AvgIpc) is 3.45.